The number of fused-ring (bicyclic) bond motifs is 1. The van der Waals surface area contributed by atoms with Crippen molar-refractivity contribution < 1.29 is 24.1 Å². The molecule has 7 nitrogen and oxygen atoms in total. The molecule has 1 atom stereocenters. The van der Waals surface area contributed by atoms with Crippen LogP contribution in [0.3, 0.4) is 0 Å². The van der Waals surface area contributed by atoms with Crippen molar-refractivity contribution in [1.29, 1.82) is 0 Å². The number of hydrogen-bond acceptors (Lipinski definition) is 6. The van der Waals surface area contributed by atoms with Crippen molar-refractivity contribution in [1.82, 2.24) is 9.97 Å². The summed E-state index contributed by atoms with van der Waals surface area (Å²) in [4.78, 5) is 19.4. The van der Waals surface area contributed by atoms with Gasteiger partial charge in [0.2, 0.25) is 5.88 Å². The van der Waals surface area contributed by atoms with Gasteiger partial charge >= 0.3 is 5.97 Å². The average molecular weight is 332 g/mol. The number of hydrogen-bond donors (Lipinski definition) is 1. The van der Waals surface area contributed by atoms with Gasteiger partial charge in [-0.15, -0.1) is 0 Å². The molecule has 1 N–H and O–H groups in total. The van der Waals surface area contributed by atoms with Gasteiger partial charge in [-0.05, 0) is 37.0 Å². The maximum atomic E-state index is 10.8. The Bertz CT molecular complexity index is 700. The number of rotatable bonds is 7. The zero-order valence-corrected chi connectivity index (χ0v) is 13.3. The molecule has 7 heteroatoms. The third kappa shape index (κ3) is 4.62. The SMILES string of the molecule is O=C(O)Cc1ccc2ncc(OCCOC3CCCCO3)nc2c1. The zero-order chi connectivity index (χ0) is 16.8. The van der Waals surface area contributed by atoms with Crippen molar-refractivity contribution >= 4 is 17.0 Å². The highest BCUT2D eigenvalue weighted by molar-refractivity contribution is 5.78. The molecule has 1 aliphatic rings. The van der Waals surface area contributed by atoms with Crippen LogP contribution in [0.2, 0.25) is 0 Å². The predicted molar refractivity (Wildman–Crippen MR) is 85.9 cm³/mol. The summed E-state index contributed by atoms with van der Waals surface area (Å²) in [6, 6.07) is 5.22. The molecule has 0 aliphatic carbocycles. The van der Waals surface area contributed by atoms with E-state index in [1.165, 1.54) is 0 Å². The van der Waals surface area contributed by atoms with Crippen molar-refractivity contribution in [3.8, 4) is 5.88 Å². The van der Waals surface area contributed by atoms with Crippen LogP contribution < -0.4 is 4.74 Å². The fourth-order valence-corrected chi connectivity index (χ4v) is 2.56. The average Bonchev–Trinajstić information content (AvgIpc) is 2.59. The zero-order valence-electron chi connectivity index (χ0n) is 13.3. The molecule has 2 heterocycles. The maximum Gasteiger partial charge on any atom is 0.307 e. The van der Waals surface area contributed by atoms with Gasteiger partial charge in [-0.3, -0.25) is 4.79 Å². The second-order valence-corrected chi connectivity index (χ2v) is 5.62. The molecule has 24 heavy (non-hydrogen) atoms. The second kappa shape index (κ2) is 8.03. The molecule has 0 radical (unpaired) electrons. The normalized spacial score (nSPS) is 17.8. The first-order valence-electron chi connectivity index (χ1n) is 8.04. The predicted octanol–water partition coefficient (Wildman–Crippen LogP) is 2.18. The van der Waals surface area contributed by atoms with Gasteiger partial charge in [-0.1, -0.05) is 6.07 Å². The highest BCUT2D eigenvalue weighted by Gasteiger charge is 2.13. The van der Waals surface area contributed by atoms with Crippen LogP contribution in [-0.2, 0) is 20.7 Å². The fraction of sp³-hybridized carbons (Fsp3) is 0.471. The lowest BCUT2D eigenvalue weighted by molar-refractivity contribution is -0.165. The van der Waals surface area contributed by atoms with Gasteiger partial charge in [0.25, 0.3) is 0 Å². The van der Waals surface area contributed by atoms with E-state index in [1.54, 1.807) is 24.4 Å². The molecule has 0 saturated carbocycles. The highest BCUT2D eigenvalue weighted by Crippen LogP contribution is 2.17. The maximum absolute atomic E-state index is 10.8. The number of carboxylic acids is 1. The summed E-state index contributed by atoms with van der Waals surface area (Å²) in [5.41, 5.74) is 1.99. The summed E-state index contributed by atoms with van der Waals surface area (Å²) >= 11 is 0. The minimum absolute atomic E-state index is 0.0437. The Kier molecular flexibility index (Phi) is 5.55. The van der Waals surface area contributed by atoms with E-state index in [-0.39, 0.29) is 12.7 Å². The number of ether oxygens (including phenoxy) is 3. The quantitative estimate of drug-likeness (QED) is 0.777. The largest absolute Gasteiger partial charge is 0.481 e. The Morgan fingerprint density at radius 2 is 2.21 bits per heavy atom. The van der Waals surface area contributed by atoms with Gasteiger partial charge in [0.1, 0.15) is 6.61 Å². The smallest absolute Gasteiger partial charge is 0.307 e. The first-order valence-corrected chi connectivity index (χ1v) is 8.04. The molecule has 0 bridgehead atoms. The Balaban J connectivity index is 1.55. The topological polar surface area (TPSA) is 90.8 Å². The summed E-state index contributed by atoms with van der Waals surface area (Å²) in [5, 5.41) is 8.86. The molecule has 128 valence electrons. The van der Waals surface area contributed by atoms with E-state index >= 15 is 0 Å². The Morgan fingerprint density at radius 3 is 3.00 bits per heavy atom. The molecule has 1 aromatic carbocycles. The van der Waals surface area contributed by atoms with Gasteiger partial charge in [0.15, 0.2) is 6.29 Å². The van der Waals surface area contributed by atoms with E-state index < -0.39 is 5.97 Å². The number of carboxylic acid groups (broad SMARTS) is 1. The van der Waals surface area contributed by atoms with Crippen LogP contribution in [-0.4, -0.2) is 47.2 Å². The molecule has 3 rings (SSSR count). The first-order chi connectivity index (χ1) is 11.7. The first kappa shape index (κ1) is 16.6. The summed E-state index contributed by atoms with van der Waals surface area (Å²) in [6.45, 7) is 1.53. The number of benzene rings is 1. The molecule has 1 saturated heterocycles. The lowest BCUT2D eigenvalue weighted by atomic mass is 10.1. The minimum Gasteiger partial charge on any atom is -0.481 e. The minimum atomic E-state index is -0.878. The van der Waals surface area contributed by atoms with Crippen LogP contribution in [0, 0.1) is 0 Å². The highest BCUT2D eigenvalue weighted by atomic mass is 16.7. The molecule has 1 unspecified atom stereocenters. The van der Waals surface area contributed by atoms with Crippen molar-refractivity contribution in [3.05, 3.63) is 30.0 Å². The van der Waals surface area contributed by atoms with E-state index in [2.05, 4.69) is 9.97 Å². The molecule has 0 amide bonds. The van der Waals surface area contributed by atoms with Crippen LogP contribution in [0.25, 0.3) is 11.0 Å². The number of carbonyl (C=O) groups is 1. The standard InChI is InChI=1S/C17H20N2O5/c20-16(21)10-12-4-5-13-14(9-12)19-15(11-18-13)22-7-8-24-17-3-1-2-6-23-17/h4-5,9,11,17H,1-3,6-8,10H2,(H,20,21). The third-order valence-electron chi connectivity index (χ3n) is 3.71. The lowest BCUT2D eigenvalue weighted by Crippen LogP contribution is -2.24. The van der Waals surface area contributed by atoms with Crippen LogP contribution in [0.5, 0.6) is 5.88 Å². The van der Waals surface area contributed by atoms with Crippen molar-refractivity contribution in [2.45, 2.75) is 32.0 Å². The van der Waals surface area contributed by atoms with Crippen molar-refractivity contribution in [2.75, 3.05) is 19.8 Å². The number of nitrogens with zero attached hydrogens (tertiary/aromatic N) is 2. The monoisotopic (exact) mass is 332 g/mol. The number of aromatic nitrogens is 2. The molecule has 0 spiro atoms. The Morgan fingerprint density at radius 1 is 1.29 bits per heavy atom. The van der Waals surface area contributed by atoms with E-state index in [0.717, 1.165) is 25.9 Å². The number of aliphatic carboxylic acids is 1. The van der Waals surface area contributed by atoms with E-state index in [0.29, 0.717) is 35.7 Å². The van der Waals surface area contributed by atoms with E-state index in [9.17, 15) is 4.79 Å². The van der Waals surface area contributed by atoms with Crippen LogP contribution in [0.1, 0.15) is 24.8 Å². The summed E-state index contributed by atoms with van der Waals surface area (Å²) in [6.07, 6.45) is 4.51. The molecule has 2 aromatic rings. The molecular weight excluding hydrogens is 312 g/mol. The van der Waals surface area contributed by atoms with Gasteiger partial charge in [0, 0.05) is 6.61 Å². The summed E-state index contributed by atoms with van der Waals surface area (Å²) in [5.74, 6) is -0.486. The van der Waals surface area contributed by atoms with Crippen LogP contribution in [0.15, 0.2) is 24.4 Å². The van der Waals surface area contributed by atoms with Gasteiger partial charge < -0.3 is 19.3 Å². The van der Waals surface area contributed by atoms with E-state index in [1.807, 2.05) is 0 Å². The van der Waals surface area contributed by atoms with Crippen molar-refractivity contribution in [3.63, 3.8) is 0 Å². The molecule has 1 aromatic heterocycles. The second-order valence-electron chi connectivity index (χ2n) is 5.62. The van der Waals surface area contributed by atoms with Crippen LogP contribution in [0.4, 0.5) is 0 Å². The van der Waals surface area contributed by atoms with Gasteiger partial charge in [-0.2, -0.15) is 0 Å². The van der Waals surface area contributed by atoms with Gasteiger partial charge in [-0.25, -0.2) is 9.97 Å². The van der Waals surface area contributed by atoms with Gasteiger partial charge in [0.05, 0.1) is 30.3 Å². The lowest BCUT2D eigenvalue weighted by Gasteiger charge is -2.22. The Labute approximate surface area is 139 Å². The van der Waals surface area contributed by atoms with Crippen molar-refractivity contribution in [2.24, 2.45) is 0 Å². The molecular formula is C17H20N2O5. The van der Waals surface area contributed by atoms with E-state index in [4.69, 9.17) is 19.3 Å². The molecule has 1 aliphatic heterocycles. The molecule has 1 fully saturated rings. The van der Waals surface area contributed by atoms with Crippen LogP contribution >= 0.6 is 0 Å². The fourth-order valence-electron chi connectivity index (χ4n) is 2.56. The summed E-state index contributed by atoms with van der Waals surface area (Å²) < 4.78 is 16.6. The third-order valence-corrected chi connectivity index (χ3v) is 3.71. The summed E-state index contributed by atoms with van der Waals surface area (Å²) in [7, 11) is 0. The Hall–Kier alpha value is -2.25.